The third-order valence-electron chi connectivity index (χ3n) is 2.22. The highest BCUT2D eigenvalue weighted by molar-refractivity contribution is 7.89. The molecule has 1 aromatic carbocycles. The molecule has 1 aromatic rings. The highest BCUT2D eigenvalue weighted by Crippen LogP contribution is 2.18. The summed E-state index contributed by atoms with van der Waals surface area (Å²) in [5.74, 6) is -2.13. The van der Waals surface area contributed by atoms with E-state index in [2.05, 4.69) is 0 Å². The van der Waals surface area contributed by atoms with Gasteiger partial charge in [0.05, 0.1) is 4.90 Å². The fourth-order valence-corrected chi connectivity index (χ4v) is 3.10. The van der Waals surface area contributed by atoms with Crippen molar-refractivity contribution in [2.75, 3.05) is 19.0 Å². The zero-order valence-corrected chi connectivity index (χ0v) is 10.7. The number of benzene rings is 1. The molecule has 96 valence electrons. The van der Waals surface area contributed by atoms with Crippen LogP contribution in [0.5, 0.6) is 0 Å². The molecule has 3 nitrogen and oxygen atoms in total. The van der Waals surface area contributed by atoms with Gasteiger partial charge in [0.15, 0.2) is 11.6 Å². The highest BCUT2D eigenvalue weighted by atomic mass is 35.5. The maximum Gasteiger partial charge on any atom is 0.243 e. The zero-order chi connectivity index (χ0) is 13.1. The average molecular weight is 284 g/mol. The molecule has 0 aliphatic carbocycles. The molecule has 0 saturated carbocycles. The second kappa shape index (κ2) is 5.75. The molecule has 0 spiro atoms. The SMILES string of the molecule is CCN(CCCl)S(=O)(=O)c1ccc(F)c(F)c1. The summed E-state index contributed by atoms with van der Waals surface area (Å²) in [6.45, 7) is 1.98. The lowest BCUT2D eigenvalue weighted by molar-refractivity contribution is 0.445. The molecular formula is C10H12ClF2NO2S. The summed E-state index contributed by atoms with van der Waals surface area (Å²) in [7, 11) is -3.81. The van der Waals surface area contributed by atoms with Gasteiger partial charge in [0, 0.05) is 19.0 Å². The predicted molar refractivity (Wildman–Crippen MR) is 61.5 cm³/mol. The monoisotopic (exact) mass is 283 g/mol. The number of hydrogen-bond donors (Lipinski definition) is 0. The smallest absolute Gasteiger partial charge is 0.207 e. The van der Waals surface area contributed by atoms with Gasteiger partial charge in [-0.2, -0.15) is 4.31 Å². The van der Waals surface area contributed by atoms with Crippen LogP contribution in [0.2, 0.25) is 0 Å². The zero-order valence-electron chi connectivity index (χ0n) is 9.16. The van der Waals surface area contributed by atoms with Gasteiger partial charge in [-0.15, -0.1) is 11.6 Å². The van der Waals surface area contributed by atoms with E-state index in [9.17, 15) is 17.2 Å². The minimum absolute atomic E-state index is 0.124. The largest absolute Gasteiger partial charge is 0.243 e. The molecule has 7 heteroatoms. The van der Waals surface area contributed by atoms with Crippen molar-refractivity contribution in [2.24, 2.45) is 0 Å². The molecule has 17 heavy (non-hydrogen) atoms. The summed E-state index contributed by atoms with van der Waals surface area (Å²) in [5.41, 5.74) is 0. The van der Waals surface area contributed by atoms with Gasteiger partial charge < -0.3 is 0 Å². The molecule has 0 aromatic heterocycles. The summed E-state index contributed by atoms with van der Waals surface area (Å²) < 4.78 is 50.8. The van der Waals surface area contributed by atoms with E-state index in [4.69, 9.17) is 11.6 Å². The van der Waals surface area contributed by atoms with E-state index in [0.29, 0.717) is 6.07 Å². The lowest BCUT2D eigenvalue weighted by atomic mass is 10.3. The van der Waals surface area contributed by atoms with E-state index in [1.807, 2.05) is 0 Å². The fourth-order valence-electron chi connectivity index (χ4n) is 1.33. The van der Waals surface area contributed by atoms with Crippen molar-refractivity contribution in [3.05, 3.63) is 29.8 Å². The Balaban J connectivity index is 3.15. The minimum atomic E-state index is -3.81. The first kappa shape index (κ1) is 14.3. The fraction of sp³-hybridized carbons (Fsp3) is 0.400. The van der Waals surface area contributed by atoms with Gasteiger partial charge in [-0.1, -0.05) is 6.92 Å². The molecule has 0 unspecified atom stereocenters. The first-order valence-electron chi connectivity index (χ1n) is 4.94. The molecule has 0 bridgehead atoms. The van der Waals surface area contributed by atoms with E-state index in [1.54, 1.807) is 6.92 Å². The third kappa shape index (κ3) is 3.14. The predicted octanol–water partition coefficient (Wildman–Crippen LogP) is 2.21. The van der Waals surface area contributed by atoms with E-state index in [0.717, 1.165) is 16.4 Å². The number of nitrogens with zero attached hydrogens (tertiary/aromatic N) is 1. The first-order chi connectivity index (χ1) is 7.93. The third-order valence-corrected chi connectivity index (χ3v) is 4.35. The van der Waals surface area contributed by atoms with Crippen molar-refractivity contribution >= 4 is 21.6 Å². The topological polar surface area (TPSA) is 37.4 Å². The van der Waals surface area contributed by atoms with Crippen molar-refractivity contribution in [1.82, 2.24) is 4.31 Å². The maximum atomic E-state index is 13.0. The molecule has 0 aliphatic rings. The Hall–Kier alpha value is -0.720. The summed E-state index contributed by atoms with van der Waals surface area (Å²) in [4.78, 5) is -0.275. The average Bonchev–Trinajstić information content (AvgIpc) is 2.29. The summed E-state index contributed by atoms with van der Waals surface area (Å²) >= 11 is 5.48. The van der Waals surface area contributed by atoms with Crippen LogP contribution in [-0.4, -0.2) is 31.7 Å². The molecule has 0 aliphatic heterocycles. The van der Waals surface area contributed by atoms with E-state index >= 15 is 0 Å². The summed E-state index contributed by atoms with van der Waals surface area (Å²) in [5, 5.41) is 0. The van der Waals surface area contributed by atoms with Crippen LogP contribution in [-0.2, 0) is 10.0 Å². The van der Waals surface area contributed by atoms with Crippen molar-refractivity contribution in [3.8, 4) is 0 Å². The van der Waals surface area contributed by atoms with Crippen LogP contribution < -0.4 is 0 Å². The van der Waals surface area contributed by atoms with Crippen LogP contribution in [0.1, 0.15) is 6.92 Å². The van der Waals surface area contributed by atoms with Gasteiger partial charge >= 0.3 is 0 Å². The molecule has 0 fully saturated rings. The van der Waals surface area contributed by atoms with Crippen LogP contribution in [0, 0.1) is 11.6 Å². The van der Waals surface area contributed by atoms with E-state index in [1.165, 1.54) is 0 Å². The number of sulfonamides is 1. The Morgan fingerprint density at radius 1 is 1.29 bits per heavy atom. The maximum absolute atomic E-state index is 13.0. The Morgan fingerprint density at radius 2 is 1.94 bits per heavy atom. The minimum Gasteiger partial charge on any atom is -0.207 e. The first-order valence-corrected chi connectivity index (χ1v) is 6.92. The van der Waals surface area contributed by atoms with Crippen LogP contribution in [0.25, 0.3) is 0 Å². The lowest BCUT2D eigenvalue weighted by Crippen LogP contribution is -2.32. The van der Waals surface area contributed by atoms with Crippen molar-refractivity contribution in [2.45, 2.75) is 11.8 Å². The van der Waals surface area contributed by atoms with Crippen molar-refractivity contribution in [1.29, 1.82) is 0 Å². The van der Waals surface area contributed by atoms with Crippen LogP contribution >= 0.6 is 11.6 Å². The second-order valence-corrected chi connectivity index (χ2v) is 5.58. The van der Waals surface area contributed by atoms with Crippen molar-refractivity contribution in [3.63, 3.8) is 0 Å². The van der Waals surface area contributed by atoms with Gasteiger partial charge in [0.25, 0.3) is 0 Å². The van der Waals surface area contributed by atoms with Crippen molar-refractivity contribution < 1.29 is 17.2 Å². The van der Waals surface area contributed by atoms with Gasteiger partial charge in [-0.25, -0.2) is 17.2 Å². The van der Waals surface area contributed by atoms with Gasteiger partial charge in [-0.3, -0.25) is 0 Å². The molecule has 0 N–H and O–H groups in total. The van der Waals surface area contributed by atoms with Gasteiger partial charge in [0.1, 0.15) is 0 Å². The molecule has 0 saturated heterocycles. The molecule has 0 radical (unpaired) electrons. The molecule has 0 amide bonds. The molecule has 0 atom stereocenters. The molecule has 1 rings (SSSR count). The van der Waals surface area contributed by atoms with E-state index in [-0.39, 0.29) is 23.9 Å². The van der Waals surface area contributed by atoms with Crippen LogP contribution in [0.4, 0.5) is 8.78 Å². The van der Waals surface area contributed by atoms with Gasteiger partial charge in [0.2, 0.25) is 10.0 Å². The van der Waals surface area contributed by atoms with Crippen LogP contribution in [0.3, 0.4) is 0 Å². The Labute approximate surface area is 104 Å². The standard InChI is InChI=1S/C10H12ClF2NO2S/c1-2-14(6-5-11)17(15,16)8-3-4-9(12)10(13)7-8/h3-4,7H,2,5-6H2,1H3. The summed E-state index contributed by atoms with van der Waals surface area (Å²) in [6.07, 6.45) is 0. The summed E-state index contributed by atoms with van der Waals surface area (Å²) in [6, 6.07) is 2.49. The molecule has 0 heterocycles. The normalized spacial score (nSPS) is 12.1. The number of rotatable bonds is 5. The van der Waals surface area contributed by atoms with Gasteiger partial charge in [-0.05, 0) is 18.2 Å². The van der Waals surface area contributed by atoms with Crippen LogP contribution in [0.15, 0.2) is 23.1 Å². The number of alkyl halides is 1. The Bertz CT molecular complexity index is 493. The quantitative estimate of drug-likeness (QED) is 0.777. The second-order valence-electron chi connectivity index (χ2n) is 3.26. The number of hydrogen-bond acceptors (Lipinski definition) is 2. The Kier molecular flexibility index (Phi) is 4.85. The number of halogens is 3. The lowest BCUT2D eigenvalue weighted by Gasteiger charge is -2.19. The Morgan fingerprint density at radius 3 is 2.41 bits per heavy atom. The molecular weight excluding hydrogens is 272 g/mol. The highest BCUT2D eigenvalue weighted by Gasteiger charge is 2.23. The van der Waals surface area contributed by atoms with E-state index < -0.39 is 21.7 Å².